The monoisotopic (exact) mass is 191 g/mol. The maximum atomic E-state index is 14.2. The molecule has 1 aliphatic heterocycles. The van der Waals surface area contributed by atoms with E-state index in [1.54, 1.807) is 11.8 Å². The zero-order valence-corrected chi connectivity index (χ0v) is 8.72. The van der Waals surface area contributed by atoms with Crippen LogP contribution >= 0.6 is 11.8 Å². The molecule has 0 saturated carbocycles. The van der Waals surface area contributed by atoms with Gasteiger partial charge < -0.3 is 5.73 Å². The molecule has 1 aliphatic rings. The van der Waals surface area contributed by atoms with Gasteiger partial charge in [-0.15, -0.1) is 0 Å². The highest BCUT2D eigenvalue weighted by Gasteiger charge is 2.45. The SMILES string of the molecule is CC(C)(CN)C1(F)CCCSC1. The van der Waals surface area contributed by atoms with E-state index in [-0.39, 0.29) is 5.41 Å². The van der Waals surface area contributed by atoms with Gasteiger partial charge in [-0.3, -0.25) is 0 Å². The van der Waals surface area contributed by atoms with Crippen molar-refractivity contribution in [3.63, 3.8) is 0 Å². The van der Waals surface area contributed by atoms with Gasteiger partial charge in [0.2, 0.25) is 0 Å². The predicted molar refractivity (Wildman–Crippen MR) is 53.2 cm³/mol. The number of alkyl halides is 1. The molecule has 1 rings (SSSR count). The molecule has 2 N–H and O–H groups in total. The maximum absolute atomic E-state index is 14.2. The van der Waals surface area contributed by atoms with E-state index < -0.39 is 5.67 Å². The zero-order chi connectivity index (χ0) is 9.24. The molecule has 1 fully saturated rings. The molecule has 1 nitrogen and oxygen atoms in total. The summed E-state index contributed by atoms with van der Waals surface area (Å²) in [6.07, 6.45) is 1.68. The molecule has 0 aromatic heterocycles. The van der Waals surface area contributed by atoms with Crippen molar-refractivity contribution < 1.29 is 4.39 Å². The van der Waals surface area contributed by atoms with Crippen LogP contribution in [0.4, 0.5) is 4.39 Å². The maximum Gasteiger partial charge on any atom is 0.126 e. The Hall–Kier alpha value is 0.240. The highest BCUT2D eigenvalue weighted by Crippen LogP contribution is 2.43. The molecular formula is C9H18FNS. The van der Waals surface area contributed by atoms with Crippen LogP contribution in [-0.4, -0.2) is 23.7 Å². The van der Waals surface area contributed by atoms with Crippen LogP contribution in [0.3, 0.4) is 0 Å². The van der Waals surface area contributed by atoms with Crippen LogP contribution in [0.25, 0.3) is 0 Å². The van der Waals surface area contributed by atoms with E-state index >= 15 is 0 Å². The lowest BCUT2D eigenvalue weighted by Crippen LogP contribution is -2.48. The Morgan fingerprint density at radius 2 is 2.25 bits per heavy atom. The highest BCUT2D eigenvalue weighted by molar-refractivity contribution is 7.99. The average Bonchev–Trinajstić information content (AvgIpc) is 2.06. The van der Waals surface area contributed by atoms with Gasteiger partial charge in [-0.2, -0.15) is 11.8 Å². The van der Waals surface area contributed by atoms with Crippen molar-refractivity contribution in [2.75, 3.05) is 18.1 Å². The van der Waals surface area contributed by atoms with Gasteiger partial charge in [-0.25, -0.2) is 4.39 Å². The third kappa shape index (κ3) is 1.77. The number of hydrogen-bond donors (Lipinski definition) is 1. The van der Waals surface area contributed by atoms with Crippen molar-refractivity contribution >= 4 is 11.8 Å². The smallest absolute Gasteiger partial charge is 0.126 e. The van der Waals surface area contributed by atoms with Gasteiger partial charge in [-0.1, -0.05) is 13.8 Å². The summed E-state index contributed by atoms with van der Waals surface area (Å²) in [6.45, 7) is 4.29. The fourth-order valence-corrected chi connectivity index (χ4v) is 2.83. The Morgan fingerprint density at radius 3 is 2.67 bits per heavy atom. The van der Waals surface area contributed by atoms with Crippen molar-refractivity contribution in [3.05, 3.63) is 0 Å². The summed E-state index contributed by atoms with van der Waals surface area (Å²) in [5, 5.41) is 0. The third-order valence-corrected chi connectivity index (χ3v) is 4.15. The summed E-state index contributed by atoms with van der Waals surface area (Å²) in [6, 6.07) is 0. The Kier molecular flexibility index (Phi) is 3.05. The standard InChI is InChI=1S/C9H18FNS/c1-8(2,6-11)9(10)4-3-5-12-7-9/h3-7,11H2,1-2H3. The minimum Gasteiger partial charge on any atom is -0.330 e. The number of halogens is 1. The number of hydrogen-bond acceptors (Lipinski definition) is 2. The molecule has 0 aromatic carbocycles. The molecule has 0 radical (unpaired) electrons. The number of rotatable bonds is 2. The van der Waals surface area contributed by atoms with Gasteiger partial charge >= 0.3 is 0 Å². The summed E-state index contributed by atoms with van der Waals surface area (Å²) >= 11 is 1.71. The summed E-state index contributed by atoms with van der Waals surface area (Å²) in [5.41, 5.74) is 4.18. The van der Waals surface area contributed by atoms with E-state index in [1.165, 1.54) is 0 Å². The molecule has 1 heterocycles. The molecule has 1 atom stereocenters. The van der Waals surface area contributed by atoms with E-state index in [4.69, 9.17) is 5.73 Å². The Bertz CT molecular complexity index is 153. The molecule has 0 aliphatic carbocycles. The van der Waals surface area contributed by atoms with Gasteiger partial charge in [0.15, 0.2) is 0 Å². The highest BCUT2D eigenvalue weighted by atomic mass is 32.2. The average molecular weight is 191 g/mol. The first-order chi connectivity index (χ1) is 5.52. The van der Waals surface area contributed by atoms with E-state index in [0.717, 1.165) is 12.2 Å². The Balaban J connectivity index is 2.68. The van der Waals surface area contributed by atoms with Crippen LogP contribution in [0.5, 0.6) is 0 Å². The second kappa shape index (κ2) is 3.54. The van der Waals surface area contributed by atoms with Crippen molar-refractivity contribution in [2.24, 2.45) is 11.1 Å². The molecular weight excluding hydrogens is 173 g/mol. The van der Waals surface area contributed by atoms with Crippen molar-refractivity contribution in [1.29, 1.82) is 0 Å². The van der Waals surface area contributed by atoms with Crippen LogP contribution in [0, 0.1) is 5.41 Å². The summed E-state index contributed by atoms with van der Waals surface area (Å²) in [5.74, 6) is 1.73. The summed E-state index contributed by atoms with van der Waals surface area (Å²) in [4.78, 5) is 0. The second-order valence-corrected chi connectivity index (χ2v) is 5.31. The van der Waals surface area contributed by atoms with E-state index in [2.05, 4.69) is 0 Å². The van der Waals surface area contributed by atoms with E-state index in [1.807, 2.05) is 13.8 Å². The van der Waals surface area contributed by atoms with E-state index in [9.17, 15) is 4.39 Å². The summed E-state index contributed by atoms with van der Waals surface area (Å²) < 4.78 is 14.2. The molecule has 1 saturated heterocycles. The van der Waals surface area contributed by atoms with Crippen LogP contribution in [0.2, 0.25) is 0 Å². The zero-order valence-electron chi connectivity index (χ0n) is 7.90. The van der Waals surface area contributed by atoms with E-state index in [0.29, 0.717) is 18.7 Å². The van der Waals surface area contributed by atoms with Crippen molar-refractivity contribution in [3.8, 4) is 0 Å². The first-order valence-corrected chi connectivity index (χ1v) is 5.64. The molecule has 3 heteroatoms. The number of nitrogens with two attached hydrogens (primary N) is 1. The molecule has 0 aromatic rings. The van der Waals surface area contributed by atoms with Crippen LogP contribution in [0.15, 0.2) is 0 Å². The molecule has 0 amide bonds. The first kappa shape index (κ1) is 10.3. The molecule has 0 spiro atoms. The fourth-order valence-electron chi connectivity index (χ4n) is 1.48. The minimum absolute atomic E-state index is 0.361. The first-order valence-electron chi connectivity index (χ1n) is 4.49. The van der Waals surface area contributed by atoms with Crippen LogP contribution in [0.1, 0.15) is 26.7 Å². The third-order valence-electron chi connectivity index (χ3n) is 2.92. The normalized spacial score (nSPS) is 32.0. The van der Waals surface area contributed by atoms with Crippen LogP contribution in [-0.2, 0) is 0 Å². The lowest BCUT2D eigenvalue weighted by molar-refractivity contribution is 0.0339. The molecule has 0 bridgehead atoms. The van der Waals surface area contributed by atoms with Crippen LogP contribution < -0.4 is 5.73 Å². The largest absolute Gasteiger partial charge is 0.330 e. The van der Waals surface area contributed by atoms with Gasteiger partial charge in [0.25, 0.3) is 0 Å². The lowest BCUT2D eigenvalue weighted by Gasteiger charge is -2.42. The van der Waals surface area contributed by atoms with Crippen molar-refractivity contribution in [2.45, 2.75) is 32.4 Å². The molecule has 1 unspecified atom stereocenters. The molecule has 12 heavy (non-hydrogen) atoms. The Labute approximate surface area is 78.3 Å². The molecule has 72 valence electrons. The predicted octanol–water partition coefficient (Wildman–Crippen LogP) is 2.21. The fraction of sp³-hybridized carbons (Fsp3) is 1.00. The quantitative estimate of drug-likeness (QED) is 0.724. The second-order valence-electron chi connectivity index (χ2n) is 4.21. The summed E-state index contributed by atoms with van der Waals surface area (Å²) in [7, 11) is 0. The van der Waals surface area contributed by atoms with Crippen molar-refractivity contribution in [1.82, 2.24) is 0 Å². The van der Waals surface area contributed by atoms with Gasteiger partial charge in [0.05, 0.1) is 0 Å². The minimum atomic E-state index is -1.04. The lowest BCUT2D eigenvalue weighted by atomic mass is 9.75. The van der Waals surface area contributed by atoms with Gasteiger partial charge in [0, 0.05) is 17.7 Å². The van der Waals surface area contributed by atoms with Gasteiger partial charge in [0.1, 0.15) is 5.67 Å². The topological polar surface area (TPSA) is 26.0 Å². The van der Waals surface area contributed by atoms with Gasteiger partial charge in [-0.05, 0) is 18.6 Å². The number of thioether (sulfide) groups is 1. The Morgan fingerprint density at radius 1 is 1.58 bits per heavy atom.